The quantitative estimate of drug-likeness (QED) is 0.288. The zero-order valence-electron chi connectivity index (χ0n) is 17.7. The minimum atomic E-state index is -4.44. The van der Waals surface area contributed by atoms with Crippen LogP contribution in [0.5, 0.6) is 0 Å². The average Bonchev–Trinajstić information content (AvgIpc) is 3.31. The Morgan fingerprint density at radius 2 is 1.82 bits per heavy atom. The third-order valence-corrected chi connectivity index (χ3v) is 5.52. The maximum atomic E-state index is 12.7. The molecule has 2 heterocycles. The molecule has 1 fully saturated rings. The Kier molecular flexibility index (Phi) is 6.48. The molecule has 3 aromatic rings. The van der Waals surface area contributed by atoms with E-state index in [0.717, 1.165) is 12.1 Å². The Hall–Kier alpha value is -3.96. The van der Waals surface area contributed by atoms with Gasteiger partial charge in [-0.15, -0.1) is 0 Å². The molecule has 0 atom stereocenters. The second kappa shape index (κ2) is 9.49. The molecule has 1 aromatic heterocycles. The number of benzene rings is 2. The summed E-state index contributed by atoms with van der Waals surface area (Å²) < 4.78 is 48.4. The number of para-hydroxylation sites is 2. The minimum Gasteiger partial charge on any atom is -0.455 e. The van der Waals surface area contributed by atoms with E-state index >= 15 is 0 Å². The summed E-state index contributed by atoms with van der Waals surface area (Å²) in [5.41, 5.74) is 0.0725. The van der Waals surface area contributed by atoms with E-state index in [4.69, 9.17) is 9.26 Å². The van der Waals surface area contributed by atoms with Gasteiger partial charge in [-0.25, -0.2) is 0 Å². The molecule has 0 saturated carbocycles. The fourth-order valence-corrected chi connectivity index (χ4v) is 3.73. The van der Waals surface area contributed by atoms with Gasteiger partial charge < -0.3 is 14.2 Å². The van der Waals surface area contributed by atoms with Crippen molar-refractivity contribution in [1.82, 2.24) is 10.1 Å². The monoisotopic (exact) mass is 476 g/mol. The maximum absolute atomic E-state index is 12.7. The topological polar surface area (TPSA) is 112 Å². The first-order valence-electron chi connectivity index (χ1n) is 10.4. The molecule has 0 spiro atoms. The van der Waals surface area contributed by atoms with Crippen LogP contribution in [0.1, 0.15) is 24.3 Å². The molecule has 9 nitrogen and oxygen atoms in total. The van der Waals surface area contributed by atoms with Crippen LogP contribution in [0.25, 0.3) is 11.4 Å². The van der Waals surface area contributed by atoms with Crippen molar-refractivity contribution in [3.63, 3.8) is 0 Å². The summed E-state index contributed by atoms with van der Waals surface area (Å²) in [7, 11) is 0. The molecule has 1 aliphatic rings. The summed E-state index contributed by atoms with van der Waals surface area (Å²) in [6.07, 6.45) is -3.52. The first-order chi connectivity index (χ1) is 16.2. The predicted octanol–water partition coefficient (Wildman–Crippen LogP) is 4.62. The number of nitrogens with zero attached hydrogens (tertiary/aromatic N) is 4. The minimum absolute atomic E-state index is 0.0144. The highest BCUT2D eigenvalue weighted by atomic mass is 19.4. The number of carbonyl (C=O) groups excluding carboxylic acids is 1. The van der Waals surface area contributed by atoms with Crippen molar-refractivity contribution in [2.24, 2.45) is 5.92 Å². The van der Waals surface area contributed by atoms with Crippen LogP contribution in [0.2, 0.25) is 0 Å². The number of esters is 1. The fourth-order valence-electron chi connectivity index (χ4n) is 3.73. The molecule has 1 saturated heterocycles. The number of hydrogen-bond donors (Lipinski definition) is 0. The number of ether oxygens (including phenoxy) is 1. The fraction of sp³-hybridized carbons (Fsp3) is 0.318. The molecule has 0 amide bonds. The standard InChI is InChI=1S/C22H19F3N4O5/c23-22(24,25)16-7-5-14(6-8-16)20-26-19(34-27-20)13-33-21(30)15-9-11-28(12-10-15)17-3-1-2-4-18(17)29(31)32/h1-8,15H,9-13H2. The van der Waals surface area contributed by atoms with Gasteiger partial charge in [0.2, 0.25) is 5.82 Å². The summed E-state index contributed by atoms with van der Waals surface area (Å²) in [5, 5.41) is 15.0. The van der Waals surface area contributed by atoms with E-state index in [9.17, 15) is 28.1 Å². The molecule has 34 heavy (non-hydrogen) atoms. The lowest BCUT2D eigenvalue weighted by Crippen LogP contribution is -2.37. The summed E-state index contributed by atoms with van der Waals surface area (Å²) in [6, 6.07) is 10.8. The Morgan fingerprint density at radius 3 is 2.47 bits per heavy atom. The van der Waals surface area contributed by atoms with Crippen LogP contribution in [0.15, 0.2) is 53.1 Å². The van der Waals surface area contributed by atoms with Gasteiger partial charge in [0, 0.05) is 24.7 Å². The molecular formula is C22H19F3N4O5. The lowest BCUT2D eigenvalue weighted by atomic mass is 9.96. The van der Waals surface area contributed by atoms with E-state index in [1.807, 2.05) is 4.90 Å². The van der Waals surface area contributed by atoms with Crippen LogP contribution in [0.3, 0.4) is 0 Å². The molecule has 0 radical (unpaired) electrons. The number of anilines is 1. The molecular weight excluding hydrogens is 457 g/mol. The summed E-state index contributed by atoms with van der Waals surface area (Å²) >= 11 is 0. The van der Waals surface area contributed by atoms with E-state index in [1.54, 1.807) is 18.2 Å². The zero-order chi connectivity index (χ0) is 24.3. The highest BCUT2D eigenvalue weighted by Crippen LogP contribution is 2.32. The summed E-state index contributed by atoms with van der Waals surface area (Å²) in [6.45, 7) is 0.656. The third kappa shape index (κ3) is 5.16. The van der Waals surface area contributed by atoms with Crippen LogP contribution in [0, 0.1) is 16.0 Å². The van der Waals surface area contributed by atoms with Crippen molar-refractivity contribution in [3.8, 4) is 11.4 Å². The Bertz CT molecular complexity index is 1170. The largest absolute Gasteiger partial charge is 0.455 e. The van der Waals surface area contributed by atoms with Gasteiger partial charge in [0.15, 0.2) is 6.61 Å². The second-order valence-electron chi connectivity index (χ2n) is 7.70. The average molecular weight is 476 g/mol. The van der Waals surface area contributed by atoms with E-state index < -0.39 is 22.6 Å². The number of rotatable bonds is 6. The number of carbonyl (C=O) groups is 1. The lowest BCUT2D eigenvalue weighted by molar-refractivity contribution is -0.384. The molecule has 12 heteroatoms. The highest BCUT2D eigenvalue weighted by Gasteiger charge is 2.31. The molecule has 2 aromatic carbocycles. The maximum Gasteiger partial charge on any atom is 0.416 e. The van der Waals surface area contributed by atoms with E-state index in [-0.39, 0.29) is 29.9 Å². The van der Waals surface area contributed by atoms with Crippen LogP contribution in [-0.2, 0) is 22.3 Å². The summed E-state index contributed by atoms with van der Waals surface area (Å²) in [5.74, 6) is -0.731. The number of halogens is 3. The van der Waals surface area contributed by atoms with Crippen molar-refractivity contribution in [2.75, 3.05) is 18.0 Å². The molecule has 0 bridgehead atoms. The van der Waals surface area contributed by atoms with Crippen molar-refractivity contribution in [1.29, 1.82) is 0 Å². The number of nitro benzene ring substituents is 1. The van der Waals surface area contributed by atoms with Crippen LogP contribution < -0.4 is 4.90 Å². The van der Waals surface area contributed by atoms with Gasteiger partial charge in [-0.2, -0.15) is 18.2 Å². The van der Waals surface area contributed by atoms with Gasteiger partial charge in [0.1, 0.15) is 5.69 Å². The molecule has 0 unspecified atom stereocenters. The Labute approximate surface area is 191 Å². The van der Waals surface area contributed by atoms with Gasteiger partial charge in [0.05, 0.1) is 16.4 Å². The van der Waals surface area contributed by atoms with Gasteiger partial charge in [0.25, 0.3) is 11.6 Å². The number of alkyl halides is 3. The normalized spacial score (nSPS) is 14.7. The van der Waals surface area contributed by atoms with Crippen molar-refractivity contribution in [2.45, 2.75) is 25.6 Å². The van der Waals surface area contributed by atoms with Gasteiger partial charge in [-0.1, -0.05) is 29.4 Å². The lowest BCUT2D eigenvalue weighted by Gasteiger charge is -2.32. The molecule has 1 aliphatic heterocycles. The zero-order valence-corrected chi connectivity index (χ0v) is 17.7. The molecule has 0 aliphatic carbocycles. The van der Waals surface area contributed by atoms with Crippen LogP contribution in [-0.4, -0.2) is 34.1 Å². The first kappa shape index (κ1) is 23.2. The van der Waals surface area contributed by atoms with Crippen molar-refractivity contribution < 1.29 is 32.1 Å². The number of aromatic nitrogens is 2. The van der Waals surface area contributed by atoms with E-state index in [0.29, 0.717) is 37.2 Å². The van der Waals surface area contributed by atoms with Crippen molar-refractivity contribution in [3.05, 3.63) is 70.1 Å². The van der Waals surface area contributed by atoms with E-state index in [1.165, 1.54) is 18.2 Å². The number of nitro groups is 1. The van der Waals surface area contributed by atoms with E-state index in [2.05, 4.69) is 10.1 Å². The Balaban J connectivity index is 1.30. The number of piperidine rings is 1. The summed E-state index contributed by atoms with van der Waals surface area (Å²) in [4.78, 5) is 29.2. The highest BCUT2D eigenvalue weighted by molar-refractivity contribution is 5.73. The first-order valence-corrected chi connectivity index (χ1v) is 10.4. The Morgan fingerprint density at radius 1 is 1.15 bits per heavy atom. The van der Waals surface area contributed by atoms with Crippen LogP contribution >= 0.6 is 0 Å². The predicted molar refractivity (Wildman–Crippen MR) is 113 cm³/mol. The number of hydrogen-bond acceptors (Lipinski definition) is 8. The third-order valence-electron chi connectivity index (χ3n) is 5.52. The van der Waals surface area contributed by atoms with Crippen LogP contribution in [0.4, 0.5) is 24.5 Å². The molecule has 4 rings (SSSR count). The van der Waals surface area contributed by atoms with Gasteiger partial charge >= 0.3 is 12.1 Å². The van der Waals surface area contributed by atoms with Crippen molar-refractivity contribution >= 4 is 17.3 Å². The molecule has 0 N–H and O–H groups in total. The molecule has 178 valence electrons. The SMILES string of the molecule is O=C(OCc1nc(-c2ccc(C(F)(F)F)cc2)no1)C1CCN(c2ccccc2[N+](=O)[O-])CC1. The van der Waals surface area contributed by atoms with Gasteiger partial charge in [-0.3, -0.25) is 14.9 Å². The van der Waals surface area contributed by atoms with Gasteiger partial charge in [-0.05, 0) is 31.0 Å². The smallest absolute Gasteiger partial charge is 0.416 e. The second-order valence-corrected chi connectivity index (χ2v) is 7.70.